The summed E-state index contributed by atoms with van der Waals surface area (Å²) in [6, 6.07) is 1.45. The zero-order valence-electron chi connectivity index (χ0n) is 9.51. The van der Waals surface area contributed by atoms with Gasteiger partial charge in [-0.15, -0.1) is 0 Å². The molecule has 84 valence electrons. The van der Waals surface area contributed by atoms with Gasteiger partial charge in [0.2, 0.25) is 0 Å². The topological polar surface area (TPSA) is 24.1 Å². The van der Waals surface area contributed by atoms with Crippen LogP contribution in [-0.4, -0.2) is 37.2 Å². The molecule has 2 N–H and O–H groups in total. The largest absolute Gasteiger partial charge is 0.314 e. The third-order valence-electron chi connectivity index (χ3n) is 2.82. The van der Waals surface area contributed by atoms with Gasteiger partial charge in [-0.25, -0.2) is 0 Å². The Kier molecular flexibility index (Phi) is 6.65. The minimum absolute atomic E-state index is 0.674. The average Bonchev–Trinajstić information content (AvgIpc) is 2.65. The fourth-order valence-corrected chi connectivity index (χ4v) is 2.47. The molecular weight excluding hydrogens is 192 g/mol. The van der Waals surface area contributed by atoms with Gasteiger partial charge in [0.25, 0.3) is 0 Å². The van der Waals surface area contributed by atoms with Gasteiger partial charge in [-0.1, -0.05) is 0 Å². The Bertz CT molecular complexity index is 135. The van der Waals surface area contributed by atoms with Crippen LogP contribution in [-0.2, 0) is 0 Å². The molecule has 1 aliphatic heterocycles. The molecule has 0 aromatic carbocycles. The summed E-state index contributed by atoms with van der Waals surface area (Å²) >= 11 is 1.93. The second-order valence-electron chi connectivity index (χ2n) is 4.23. The number of hydrogen-bond donors (Lipinski definition) is 2. The maximum Gasteiger partial charge on any atom is 0.00822 e. The van der Waals surface area contributed by atoms with E-state index in [4.69, 9.17) is 0 Å². The van der Waals surface area contributed by atoms with E-state index in [1.165, 1.54) is 44.5 Å². The van der Waals surface area contributed by atoms with Crippen LogP contribution < -0.4 is 10.6 Å². The fraction of sp³-hybridized carbons (Fsp3) is 1.00. The van der Waals surface area contributed by atoms with Crippen LogP contribution in [0.3, 0.4) is 0 Å². The predicted molar refractivity (Wildman–Crippen MR) is 66.1 cm³/mol. The molecule has 14 heavy (non-hydrogen) atoms. The molecule has 2 nitrogen and oxygen atoms in total. The molecule has 2 atom stereocenters. The molecule has 0 radical (unpaired) electrons. The van der Waals surface area contributed by atoms with E-state index >= 15 is 0 Å². The Morgan fingerprint density at radius 3 is 3.07 bits per heavy atom. The lowest BCUT2D eigenvalue weighted by Gasteiger charge is -2.18. The minimum atomic E-state index is 0.674. The average molecular weight is 216 g/mol. The van der Waals surface area contributed by atoms with Crippen LogP contribution >= 0.6 is 11.8 Å². The highest BCUT2D eigenvalue weighted by molar-refractivity contribution is 7.98. The molecule has 1 saturated heterocycles. The summed E-state index contributed by atoms with van der Waals surface area (Å²) in [5.74, 6) is 1.28. The zero-order chi connectivity index (χ0) is 10.2. The van der Waals surface area contributed by atoms with Gasteiger partial charge in [-0.05, 0) is 57.7 Å². The third-order valence-corrected chi connectivity index (χ3v) is 3.52. The second-order valence-corrected chi connectivity index (χ2v) is 5.22. The fourth-order valence-electron chi connectivity index (χ4n) is 2.03. The molecule has 1 fully saturated rings. The lowest BCUT2D eigenvalue weighted by atomic mass is 10.1. The Morgan fingerprint density at radius 2 is 2.43 bits per heavy atom. The Labute approximate surface area is 92.6 Å². The minimum Gasteiger partial charge on any atom is -0.314 e. The van der Waals surface area contributed by atoms with Gasteiger partial charge in [0, 0.05) is 12.1 Å². The summed E-state index contributed by atoms with van der Waals surface area (Å²) in [5.41, 5.74) is 0. The van der Waals surface area contributed by atoms with E-state index in [0.717, 1.165) is 6.04 Å². The molecule has 0 aliphatic carbocycles. The highest BCUT2D eigenvalue weighted by Crippen LogP contribution is 2.10. The summed E-state index contributed by atoms with van der Waals surface area (Å²) in [6.45, 7) is 4.71. The van der Waals surface area contributed by atoms with Crippen LogP contribution in [0.25, 0.3) is 0 Å². The van der Waals surface area contributed by atoms with E-state index in [1.54, 1.807) is 0 Å². The van der Waals surface area contributed by atoms with Gasteiger partial charge in [0.1, 0.15) is 0 Å². The van der Waals surface area contributed by atoms with Crippen molar-refractivity contribution in [2.45, 2.75) is 44.7 Å². The summed E-state index contributed by atoms with van der Waals surface area (Å²) in [6.07, 6.45) is 7.50. The first-order valence-electron chi connectivity index (χ1n) is 5.78. The van der Waals surface area contributed by atoms with E-state index in [2.05, 4.69) is 23.8 Å². The number of rotatable bonds is 7. The van der Waals surface area contributed by atoms with Crippen molar-refractivity contribution in [3.8, 4) is 0 Å². The molecule has 1 heterocycles. The van der Waals surface area contributed by atoms with Crippen molar-refractivity contribution in [2.75, 3.05) is 25.1 Å². The first-order valence-corrected chi connectivity index (χ1v) is 7.18. The van der Waals surface area contributed by atoms with Crippen molar-refractivity contribution in [1.82, 2.24) is 10.6 Å². The van der Waals surface area contributed by atoms with Crippen LogP contribution in [0.2, 0.25) is 0 Å². The van der Waals surface area contributed by atoms with Gasteiger partial charge < -0.3 is 10.6 Å². The molecule has 2 unspecified atom stereocenters. The Morgan fingerprint density at radius 1 is 1.57 bits per heavy atom. The first kappa shape index (κ1) is 12.3. The monoisotopic (exact) mass is 216 g/mol. The maximum absolute atomic E-state index is 3.59. The quantitative estimate of drug-likeness (QED) is 0.635. The molecule has 3 heteroatoms. The van der Waals surface area contributed by atoms with E-state index in [-0.39, 0.29) is 0 Å². The maximum atomic E-state index is 3.59. The lowest BCUT2D eigenvalue weighted by molar-refractivity contribution is 0.441. The van der Waals surface area contributed by atoms with Gasteiger partial charge in [-0.2, -0.15) is 11.8 Å². The van der Waals surface area contributed by atoms with Crippen molar-refractivity contribution < 1.29 is 0 Å². The van der Waals surface area contributed by atoms with Gasteiger partial charge in [0.15, 0.2) is 0 Å². The standard InChI is InChI=1S/C11H24N2S/c1-10(12-7-4-8-14-2)9-11-5-3-6-13-11/h10-13H,3-9H2,1-2H3. The second kappa shape index (κ2) is 7.55. The zero-order valence-corrected chi connectivity index (χ0v) is 10.3. The van der Waals surface area contributed by atoms with E-state index in [0.29, 0.717) is 6.04 Å². The third kappa shape index (κ3) is 5.23. The lowest BCUT2D eigenvalue weighted by Crippen LogP contribution is -2.34. The van der Waals surface area contributed by atoms with Gasteiger partial charge >= 0.3 is 0 Å². The van der Waals surface area contributed by atoms with E-state index in [9.17, 15) is 0 Å². The normalized spacial score (nSPS) is 24.0. The summed E-state index contributed by atoms with van der Waals surface area (Å²) in [7, 11) is 0. The molecule has 0 saturated carbocycles. The number of nitrogens with one attached hydrogen (secondary N) is 2. The number of thioether (sulfide) groups is 1. The molecule has 0 spiro atoms. The molecule has 0 bridgehead atoms. The van der Waals surface area contributed by atoms with E-state index < -0.39 is 0 Å². The van der Waals surface area contributed by atoms with Crippen molar-refractivity contribution in [3.63, 3.8) is 0 Å². The SMILES string of the molecule is CSCCCNC(C)CC1CCCN1. The highest BCUT2D eigenvalue weighted by atomic mass is 32.2. The van der Waals surface area contributed by atoms with Crippen LogP contribution in [0.4, 0.5) is 0 Å². The molecule has 1 rings (SSSR count). The van der Waals surface area contributed by atoms with Gasteiger partial charge in [-0.3, -0.25) is 0 Å². The molecule has 0 aromatic rings. The molecule has 0 aromatic heterocycles. The van der Waals surface area contributed by atoms with Crippen LogP contribution in [0.15, 0.2) is 0 Å². The summed E-state index contributed by atoms with van der Waals surface area (Å²) in [5, 5.41) is 7.14. The Hall–Kier alpha value is 0.270. The van der Waals surface area contributed by atoms with Gasteiger partial charge in [0.05, 0.1) is 0 Å². The predicted octanol–water partition coefficient (Wildman–Crippen LogP) is 1.86. The van der Waals surface area contributed by atoms with E-state index in [1.807, 2.05) is 11.8 Å². The van der Waals surface area contributed by atoms with Crippen LogP contribution in [0.1, 0.15) is 32.6 Å². The summed E-state index contributed by atoms with van der Waals surface area (Å²) in [4.78, 5) is 0. The van der Waals surface area contributed by atoms with Crippen molar-refractivity contribution in [3.05, 3.63) is 0 Å². The smallest absolute Gasteiger partial charge is 0.00822 e. The Balaban J connectivity index is 1.95. The van der Waals surface area contributed by atoms with Crippen LogP contribution in [0.5, 0.6) is 0 Å². The van der Waals surface area contributed by atoms with Crippen molar-refractivity contribution >= 4 is 11.8 Å². The van der Waals surface area contributed by atoms with Crippen molar-refractivity contribution in [1.29, 1.82) is 0 Å². The molecule has 1 aliphatic rings. The summed E-state index contributed by atoms with van der Waals surface area (Å²) < 4.78 is 0. The molecular formula is C11H24N2S. The molecule has 0 amide bonds. The first-order chi connectivity index (χ1) is 6.83. The highest BCUT2D eigenvalue weighted by Gasteiger charge is 2.16. The van der Waals surface area contributed by atoms with Crippen LogP contribution in [0, 0.1) is 0 Å². The van der Waals surface area contributed by atoms with Crippen molar-refractivity contribution in [2.24, 2.45) is 0 Å². The number of hydrogen-bond acceptors (Lipinski definition) is 3.